The van der Waals surface area contributed by atoms with Crippen molar-refractivity contribution in [2.24, 2.45) is 0 Å². The Hall–Kier alpha value is -2.78. The molecule has 0 aromatic heterocycles. The Morgan fingerprint density at radius 3 is 0.882 bits per heavy atom. The Morgan fingerprint density at radius 2 is 0.588 bits per heavy atom. The van der Waals surface area contributed by atoms with Crippen LogP contribution in [0.5, 0.6) is 0 Å². The van der Waals surface area contributed by atoms with E-state index in [4.69, 9.17) is 10.2 Å². The minimum absolute atomic E-state index is 0.0867. The molecule has 0 rings (SSSR count). The lowest BCUT2D eigenvalue weighted by Crippen LogP contribution is -2.16. The van der Waals surface area contributed by atoms with Crippen molar-refractivity contribution in [1.82, 2.24) is 0 Å². The van der Waals surface area contributed by atoms with Gasteiger partial charge in [-0.15, -0.1) is 0 Å². The minimum atomic E-state index is -0.842. The summed E-state index contributed by atoms with van der Waals surface area (Å²) in [5.41, 5.74) is 0. The summed E-state index contributed by atoms with van der Waals surface area (Å²) in [5, 5.41) is 17.1. The molecule has 0 aliphatic rings. The Balaban J connectivity index is 3.66. The summed E-state index contributed by atoms with van der Waals surface area (Å²) in [6.07, 6.45) is 8.89. The standard InChI is InChI=1S/C24H38O10/c25-19(26)13-9-5-1-3-7-11-15-21(29)33-23(31)17-18-24(32)34-22(30)16-12-8-4-2-6-10-14-20(27)28/h1-18H2,(H,25,26)(H,27,28). The predicted octanol–water partition coefficient (Wildman–Crippen LogP) is 4.32. The van der Waals surface area contributed by atoms with Crippen LogP contribution in [0.15, 0.2) is 0 Å². The van der Waals surface area contributed by atoms with Crippen LogP contribution in [0.1, 0.15) is 116 Å². The number of hydrogen-bond donors (Lipinski definition) is 2. The molecule has 0 saturated heterocycles. The fraction of sp³-hybridized carbons (Fsp3) is 0.750. The van der Waals surface area contributed by atoms with Gasteiger partial charge in [0.15, 0.2) is 0 Å². The van der Waals surface area contributed by atoms with E-state index in [1.165, 1.54) is 0 Å². The normalized spacial score (nSPS) is 10.5. The first kappa shape index (κ1) is 31.2. The average Bonchev–Trinajstić information content (AvgIpc) is 2.75. The van der Waals surface area contributed by atoms with Crippen molar-refractivity contribution in [3.63, 3.8) is 0 Å². The summed E-state index contributed by atoms with van der Waals surface area (Å²) in [7, 11) is 0. The number of carboxylic acid groups (broad SMARTS) is 2. The molecule has 0 unspecified atom stereocenters. The van der Waals surface area contributed by atoms with Crippen LogP contribution in [0, 0.1) is 0 Å². The van der Waals surface area contributed by atoms with Gasteiger partial charge in [0.25, 0.3) is 0 Å². The van der Waals surface area contributed by atoms with Gasteiger partial charge in [-0.3, -0.25) is 28.8 Å². The van der Waals surface area contributed by atoms with E-state index in [9.17, 15) is 28.8 Å². The molecule has 0 bridgehead atoms. The molecule has 0 atom stereocenters. The van der Waals surface area contributed by atoms with E-state index in [2.05, 4.69) is 9.47 Å². The second kappa shape index (κ2) is 20.8. The molecule has 0 aromatic carbocycles. The number of carbonyl (C=O) groups is 6. The lowest BCUT2D eigenvalue weighted by atomic mass is 10.1. The fourth-order valence-electron chi connectivity index (χ4n) is 3.17. The maximum absolute atomic E-state index is 11.6. The zero-order valence-electron chi connectivity index (χ0n) is 19.9. The van der Waals surface area contributed by atoms with Crippen molar-refractivity contribution in [3.8, 4) is 0 Å². The minimum Gasteiger partial charge on any atom is -0.481 e. The summed E-state index contributed by atoms with van der Waals surface area (Å²) in [6, 6.07) is 0. The van der Waals surface area contributed by atoms with Crippen LogP contribution >= 0.6 is 0 Å². The maximum Gasteiger partial charge on any atom is 0.314 e. The van der Waals surface area contributed by atoms with Gasteiger partial charge >= 0.3 is 35.8 Å². The third-order valence-electron chi connectivity index (χ3n) is 5.03. The number of carboxylic acids is 2. The predicted molar refractivity (Wildman–Crippen MR) is 121 cm³/mol. The van der Waals surface area contributed by atoms with Crippen molar-refractivity contribution in [3.05, 3.63) is 0 Å². The molecule has 0 heterocycles. The highest BCUT2D eigenvalue weighted by Crippen LogP contribution is 2.11. The molecule has 34 heavy (non-hydrogen) atoms. The van der Waals surface area contributed by atoms with Crippen molar-refractivity contribution in [2.45, 2.75) is 116 Å². The Kier molecular flexibility index (Phi) is 19.1. The van der Waals surface area contributed by atoms with E-state index >= 15 is 0 Å². The number of ether oxygens (including phenoxy) is 2. The van der Waals surface area contributed by atoms with E-state index in [1.807, 2.05) is 0 Å². The highest BCUT2D eigenvalue weighted by molar-refractivity contribution is 5.89. The zero-order valence-corrected chi connectivity index (χ0v) is 19.9. The van der Waals surface area contributed by atoms with Gasteiger partial charge in [0.05, 0.1) is 12.8 Å². The summed E-state index contributed by atoms with van der Waals surface area (Å²) in [6.45, 7) is 0. The molecule has 0 fully saturated rings. The van der Waals surface area contributed by atoms with Crippen LogP contribution in [0.2, 0.25) is 0 Å². The average molecular weight is 487 g/mol. The number of carbonyl (C=O) groups excluding carboxylic acids is 4. The lowest BCUT2D eigenvalue weighted by molar-refractivity contribution is -0.165. The molecule has 0 aromatic rings. The van der Waals surface area contributed by atoms with Gasteiger partial charge in [0.1, 0.15) is 0 Å². The molecule has 10 nitrogen and oxygen atoms in total. The molecule has 10 heteroatoms. The Bertz CT molecular complexity index is 600. The highest BCUT2D eigenvalue weighted by atomic mass is 16.6. The topological polar surface area (TPSA) is 161 Å². The van der Waals surface area contributed by atoms with Crippen molar-refractivity contribution in [2.75, 3.05) is 0 Å². The SMILES string of the molecule is O=C(O)CCCCCCCCC(=O)OC(=O)CCC(=O)OC(=O)CCCCCCCCC(=O)O. The van der Waals surface area contributed by atoms with E-state index in [0.29, 0.717) is 25.7 Å². The lowest BCUT2D eigenvalue weighted by Gasteiger charge is -2.05. The molecule has 0 radical (unpaired) electrons. The van der Waals surface area contributed by atoms with Crippen LogP contribution in [0.25, 0.3) is 0 Å². The second-order valence-corrected chi connectivity index (χ2v) is 8.22. The first-order valence-electron chi connectivity index (χ1n) is 12.1. The molecule has 0 aliphatic carbocycles. The third-order valence-corrected chi connectivity index (χ3v) is 5.03. The Morgan fingerprint density at radius 1 is 0.353 bits per heavy atom. The number of hydrogen-bond acceptors (Lipinski definition) is 8. The third kappa shape index (κ3) is 22.4. The quantitative estimate of drug-likeness (QED) is 0.136. The Labute approximate surface area is 200 Å². The van der Waals surface area contributed by atoms with E-state index < -0.39 is 35.8 Å². The summed E-state index contributed by atoms with van der Waals surface area (Å²) >= 11 is 0. The van der Waals surface area contributed by atoms with Crippen LogP contribution < -0.4 is 0 Å². The first-order chi connectivity index (χ1) is 16.2. The van der Waals surface area contributed by atoms with Gasteiger partial charge in [-0.1, -0.05) is 51.4 Å². The summed E-state index contributed by atoms with van der Waals surface area (Å²) in [5.74, 6) is -4.62. The van der Waals surface area contributed by atoms with Gasteiger partial charge in [0, 0.05) is 25.7 Å². The summed E-state index contributed by atoms with van der Waals surface area (Å²) in [4.78, 5) is 67.4. The number of aliphatic carboxylic acids is 2. The molecule has 2 N–H and O–H groups in total. The number of rotatable bonds is 21. The molecule has 0 aliphatic heterocycles. The van der Waals surface area contributed by atoms with Gasteiger partial charge < -0.3 is 19.7 Å². The first-order valence-corrected chi connectivity index (χ1v) is 12.1. The molecule has 194 valence electrons. The van der Waals surface area contributed by atoms with Gasteiger partial charge in [-0.2, -0.15) is 0 Å². The van der Waals surface area contributed by atoms with E-state index in [1.54, 1.807) is 0 Å². The number of esters is 4. The molecular weight excluding hydrogens is 448 g/mol. The van der Waals surface area contributed by atoms with Gasteiger partial charge in [-0.25, -0.2) is 0 Å². The molecule has 0 saturated carbocycles. The number of unbranched alkanes of at least 4 members (excludes halogenated alkanes) is 10. The van der Waals surface area contributed by atoms with Gasteiger partial charge in [0.2, 0.25) is 0 Å². The molecule has 0 amide bonds. The van der Waals surface area contributed by atoms with Crippen LogP contribution in [-0.2, 0) is 38.2 Å². The largest absolute Gasteiger partial charge is 0.481 e. The van der Waals surface area contributed by atoms with E-state index in [0.717, 1.165) is 51.4 Å². The maximum atomic E-state index is 11.6. The van der Waals surface area contributed by atoms with Crippen LogP contribution in [0.3, 0.4) is 0 Å². The zero-order chi connectivity index (χ0) is 25.6. The summed E-state index contributed by atoms with van der Waals surface area (Å²) < 4.78 is 9.28. The fourth-order valence-corrected chi connectivity index (χ4v) is 3.17. The second-order valence-electron chi connectivity index (χ2n) is 8.22. The van der Waals surface area contributed by atoms with Crippen molar-refractivity contribution in [1.29, 1.82) is 0 Å². The molecular formula is C24H38O10. The van der Waals surface area contributed by atoms with Crippen LogP contribution in [-0.4, -0.2) is 46.0 Å². The van der Waals surface area contributed by atoms with Gasteiger partial charge in [-0.05, 0) is 25.7 Å². The van der Waals surface area contributed by atoms with Crippen molar-refractivity contribution < 1.29 is 48.5 Å². The van der Waals surface area contributed by atoms with Crippen molar-refractivity contribution >= 4 is 35.8 Å². The monoisotopic (exact) mass is 486 g/mol. The highest BCUT2D eigenvalue weighted by Gasteiger charge is 2.15. The molecule has 0 spiro atoms. The smallest absolute Gasteiger partial charge is 0.314 e. The van der Waals surface area contributed by atoms with E-state index in [-0.39, 0.29) is 38.5 Å². The van der Waals surface area contributed by atoms with Crippen LogP contribution in [0.4, 0.5) is 0 Å².